The van der Waals surface area contributed by atoms with Gasteiger partial charge in [-0.1, -0.05) is 72.8 Å². The van der Waals surface area contributed by atoms with E-state index in [2.05, 4.69) is 51.9 Å². The highest BCUT2D eigenvalue weighted by atomic mass is 16.5. The van der Waals surface area contributed by atoms with Gasteiger partial charge in [-0.05, 0) is 29.7 Å². The Bertz CT molecular complexity index is 1020. The molecule has 3 aromatic carbocycles. The highest BCUT2D eigenvalue weighted by Crippen LogP contribution is 2.27. The third-order valence-corrected chi connectivity index (χ3v) is 5.88. The van der Waals surface area contributed by atoms with Crippen molar-refractivity contribution in [3.8, 4) is 11.1 Å². The summed E-state index contributed by atoms with van der Waals surface area (Å²) in [6.45, 7) is 6.97. The summed E-state index contributed by atoms with van der Waals surface area (Å²) >= 11 is 0. The molecule has 5 nitrogen and oxygen atoms in total. The van der Waals surface area contributed by atoms with E-state index >= 15 is 0 Å². The van der Waals surface area contributed by atoms with Gasteiger partial charge < -0.3 is 15.4 Å². The summed E-state index contributed by atoms with van der Waals surface area (Å²) in [4.78, 5) is 15.3. The molecule has 1 aliphatic rings. The van der Waals surface area contributed by atoms with Crippen molar-refractivity contribution < 1.29 is 9.53 Å². The van der Waals surface area contributed by atoms with E-state index in [0.717, 1.165) is 49.7 Å². The van der Waals surface area contributed by atoms with E-state index in [1.807, 2.05) is 49.4 Å². The lowest BCUT2D eigenvalue weighted by atomic mass is 10.0. The molecule has 0 spiro atoms. The molecule has 32 heavy (non-hydrogen) atoms. The van der Waals surface area contributed by atoms with Gasteiger partial charge in [-0.15, -0.1) is 0 Å². The Morgan fingerprint density at radius 2 is 1.56 bits per heavy atom. The number of benzene rings is 3. The molecule has 1 atom stereocenters. The summed E-state index contributed by atoms with van der Waals surface area (Å²) in [6.07, 6.45) is 0. The Balaban J connectivity index is 1.37. The molecule has 5 heteroatoms. The van der Waals surface area contributed by atoms with Gasteiger partial charge in [0.1, 0.15) is 0 Å². The van der Waals surface area contributed by atoms with Gasteiger partial charge in [-0.3, -0.25) is 9.69 Å². The molecule has 1 amide bonds. The van der Waals surface area contributed by atoms with Crippen molar-refractivity contribution >= 4 is 11.6 Å². The van der Waals surface area contributed by atoms with E-state index in [1.165, 1.54) is 11.1 Å². The van der Waals surface area contributed by atoms with E-state index in [9.17, 15) is 4.79 Å². The van der Waals surface area contributed by atoms with Gasteiger partial charge in [-0.2, -0.15) is 0 Å². The normalized spacial score (nSPS) is 15.3. The molecule has 0 aliphatic carbocycles. The standard InChI is InChI=1S/C27H31N3O2/c1-21(27(31)29-26-14-8-7-13-25(26)22-9-3-2-4-10-22)28-19-23-11-5-6-12-24(23)20-30-15-17-32-18-16-30/h2-14,21,28H,15-20H2,1H3,(H,29,31). The van der Waals surface area contributed by atoms with E-state index in [-0.39, 0.29) is 11.9 Å². The molecule has 3 aromatic rings. The maximum atomic E-state index is 12.9. The van der Waals surface area contributed by atoms with Crippen molar-refractivity contribution in [2.24, 2.45) is 0 Å². The van der Waals surface area contributed by atoms with E-state index in [4.69, 9.17) is 4.74 Å². The van der Waals surface area contributed by atoms with Gasteiger partial charge in [0.05, 0.1) is 19.3 Å². The average molecular weight is 430 g/mol. The maximum Gasteiger partial charge on any atom is 0.241 e. The number of hydrogen-bond donors (Lipinski definition) is 2. The second kappa shape index (κ2) is 11.0. The molecule has 0 bridgehead atoms. The Labute approximate surface area is 190 Å². The van der Waals surface area contributed by atoms with Crippen LogP contribution in [-0.4, -0.2) is 43.2 Å². The second-order valence-corrected chi connectivity index (χ2v) is 8.16. The van der Waals surface area contributed by atoms with Crippen molar-refractivity contribution in [3.63, 3.8) is 0 Å². The first-order chi connectivity index (χ1) is 15.7. The minimum Gasteiger partial charge on any atom is -0.379 e. The number of amides is 1. The van der Waals surface area contributed by atoms with E-state index in [0.29, 0.717) is 6.54 Å². The number of nitrogens with zero attached hydrogens (tertiary/aromatic N) is 1. The van der Waals surface area contributed by atoms with Gasteiger partial charge in [0.25, 0.3) is 0 Å². The van der Waals surface area contributed by atoms with Gasteiger partial charge >= 0.3 is 0 Å². The van der Waals surface area contributed by atoms with Crippen molar-refractivity contribution in [2.45, 2.75) is 26.1 Å². The first-order valence-electron chi connectivity index (χ1n) is 11.3. The number of morpholine rings is 1. The lowest BCUT2D eigenvalue weighted by Gasteiger charge is -2.27. The lowest BCUT2D eigenvalue weighted by molar-refractivity contribution is -0.117. The van der Waals surface area contributed by atoms with E-state index < -0.39 is 0 Å². The van der Waals surface area contributed by atoms with E-state index in [1.54, 1.807) is 0 Å². The fourth-order valence-electron chi connectivity index (χ4n) is 3.94. The predicted octanol–water partition coefficient (Wildman–Crippen LogP) is 4.30. The van der Waals surface area contributed by atoms with Crippen LogP contribution in [0.4, 0.5) is 5.69 Å². The smallest absolute Gasteiger partial charge is 0.241 e. The minimum atomic E-state index is -0.324. The summed E-state index contributed by atoms with van der Waals surface area (Å²) in [6, 6.07) is 26.2. The molecule has 1 saturated heterocycles. The van der Waals surface area contributed by atoms with Gasteiger partial charge in [0, 0.05) is 37.4 Å². The molecule has 4 rings (SSSR count). The summed E-state index contributed by atoms with van der Waals surface area (Å²) in [5.41, 5.74) is 5.45. The van der Waals surface area contributed by atoms with Gasteiger partial charge in [0.2, 0.25) is 5.91 Å². The van der Waals surface area contributed by atoms with Crippen LogP contribution >= 0.6 is 0 Å². The SMILES string of the molecule is CC(NCc1ccccc1CN1CCOCC1)C(=O)Nc1ccccc1-c1ccccc1. The summed E-state index contributed by atoms with van der Waals surface area (Å²) in [5.74, 6) is -0.0426. The molecular weight excluding hydrogens is 398 g/mol. The van der Waals surface area contributed by atoms with Crippen molar-refractivity contribution in [2.75, 3.05) is 31.6 Å². The van der Waals surface area contributed by atoms with Crippen LogP contribution in [0, 0.1) is 0 Å². The van der Waals surface area contributed by atoms with Crippen molar-refractivity contribution in [3.05, 3.63) is 90.0 Å². The molecule has 1 aliphatic heterocycles. The minimum absolute atomic E-state index is 0.0426. The van der Waals surface area contributed by atoms with Crippen molar-refractivity contribution in [1.82, 2.24) is 10.2 Å². The van der Waals surface area contributed by atoms with Crippen LogP contribution in [0.5, 0.6) is 0 Å². The summed E-state index contributed by atoms with van der Waals surface area (Å²) in [5, 5.41) is 6.50. The molecule has 0 aromatic heterocycles. The number of anilines is 1. The fraction of sp³-hybridized carbons (Fsp3) is 0.296. The molecule has 1 unspecified atom stereocenters. The highest BCUT2D eigenvalue weighted by molar-refractivity contribution is 5.98. The molecule has 166 valence electrons. The second-order valence-electron chi connectivity index (χ2n) is 8.16. The molecule has 1 heterocycles. The zero-order valence-electron chi connectivity index (χ0n) is 18.6. The highest BCUT2D eigenvalue weighted by Gasteiger charge is 2.16. The van der Waals surface area contributed by atoms with Gasteiger partial charge in [-0.25, -0.2) is 0 Å². The largest absolute Gasteiger partial charge is 0.379 e. The molecular formula is C27H31N3O2. The molecule has 1 fully saturated rings. The molecule has 0 radical (unpaired) electrons. The third-order valence-electron chi connectivity index (χ3n) is 5.88. The monoisotopic (exact) mass is 429 g/mol. The number of hydrogen-bond acceptors (Lipinski definition) is 4. The topological polar surface area (TPSA) is 53.6 Å². The molecule has 0 saturated carbocycles. The van der Waals surface area contributed by atoms with Crippen LogP contribution < -0.4 is 10.6 Å². The number of ether oxygens (including phenoxy) is 1. The summed E-state index contributed by atoms with van der Waals surface area (Å²) < 4.78 is 5.46. The Morgan fingerprint density at radius 1 is 0.906 bits per heavy atom. The van der Waals surface area contributed by atoms with Crippen LogP contribution in [0.2, 0.25) is 0 Å². The van der Waals surface area contributed by atoms with Crippen LogP contribution in [0.25, 0.3) is 11.1 Å². The van der Waals surface area contributed by atoms with Crippen LogP contribution in [-0.2, 0) is 22.6 Å². The Hall–Kier alpha value is -2.99. The van der Waals surface area contributed by atoms with Crippen LogP contribution in [0.1, 0.15) is 18.1 Å². The summed E-state index contributed by atoms with van der Waals surface area (Å²) in [7, 11) is 0. The number of carbonyl (C=O) groups is 1. The first kappa shape index (κ1) is 22.2. The van der Waals surface area contributed by atoms with Crippen LogP contribution in [0.15, 0.2) is 78.9 Å². The number of rotatable bonds is 8. The number of carbonyl (C=O) groups excluding carboxylic acids is 1. The maximum absolute atomic E-state index is 12.9. The van der Waals surface area contributed by atoms with Gasteiger partial charge in [0.15, 0.2) is 0 Å². The Morgan fingerprint density at radius 3 is 2.34 bits per heavy atom. The van der Waals surface area contributed by atoms with Crippen LogP contribution in [0.3, 0.4) is 0 Å². The quantitative estimate of drug-likeness (QED) is 0.561. The lowest BCUT2D eigenvalue weighted by Crippen LogP contribution is -2.38. The first-order valence-corrected chi connectivity index (χ1v) is 11.3. The van der Waals surface area contributed by atoms with Crippen molar-refractivity contribution in [1.29, 1.82) is 0 Å². The zero-order valence-corrected chi connectivity index (χ0v) is 18.6. The predicted molar refractivity (Wildman–Crippen MR) is 129 cm³/mol. The third kappa shape index (κ3) is 5.82. The average Bonchev–Trinajstić information content (AvgIpc) is 2.85. The molecule has 2 N–H and O–H groups in total. The Kier molecular flexibility index (Phi) is 7.67. The number of para-hydroxylation sites is 1. The fourth-order valence-corrected chi connectivity index (χ4v) is 3.94. The number of nitrogens with one attached hydrogen (secondary N) is 2. The zero-order chi connectivity index (χ0) is 22.2.